The van der Waals surface area contributed by atoms with E-state index in [-0.39, 0.29) is 12.6 Å². The number of likely N-dealkylation sites (N-methyl/N-ethyl adjacent to an activating group) is 1. The van der Waals surface area contributed by atoms with E-state index < -0.39 is 6.04 Å². The lowest BCUT2D eigenvalue weighted by Gasteiger charge is -2.16. The number of benzene rings is 1. The molecule has 5 nitrogen and oxygen atoms in total. The van der Waals surface area contributed by atoms with Crippen molar-refractivity contribution < 1.29 is 19.0 Å². The third kappa shape index (κ3) is 4.79. The van der Waals surface area contributed by atoms with Gasteiger partial charge < -0.3 is 19.5 Å². The van der Waals surface area contributed by atoms with Gasteiger partial charge >= 0.3 is 5.97 Å². The van der Waals surface area contributed by atoms with Crippen molar-refractivity contribution in [2.45, 2.75) is 19.4 Å². The number of esters is 1. The number of ether oxygens (including phenoxy) is 3. The molecule has 0 aliphatic carbocycles. The quantitative estimate of drug-likeness (QED) is 0.725. The van der Waals surface area contributed by atoms with Crippen LogP contribution in [0, 0.1) is 0 Å². The first-order valence-electron chi connectivity index (χ1n) is 6.32. The van der Waals surface area contributed by atoms with Crippen LogP contribution in [0.2, 0.25) is 0 Å². The Hall–Kier alpha value is -1.75. The summed E-state index contributed by atoms with van der Waals surface area (Å²) >= 11 is 0. The molecule has 0 aliphatic heterocycles. The third-order valence-corrected chi connectivity index (χ3v) is 2.55. The second-order valence-corrected chi connectivity index (χ2v) is 3.97. The van der Waals surface area contributed by atoms with Crippen molar-refractivity contribution in [3.05, 3.63) is 24.3 Å². The molecule has 0 saturated heterocycles. The maximum Gasteiger partial charge on any atom is 0.326 e. The maximum absolute atomic E-state index is 11.4. The highest BCUT2D eigenvalue weighted by atomic mass is 16.5. The molecule has 0 bridgehead atoms. The first-order chi connectivity index (χ1) is 9.22. The molecule has 0 fully saturated rings. The van der Waals surface area contributed by atoms with Crippen LogP contribution in [0.1, 0.15) is 13.3 Å². The summed E-state index contributed by atoms with van der Waals surface area (Å²) in [4.78, 5) is 11.4. The van der Waals surface area contributed by atoms with Crippen molar-refractivity contribution in [1.82, 2.24) is 5.32 Å². The summed E-state index contributed by atoms with van der Waals surface area (Å²) in [7, 11) is 3.04. The summed E-state index contributed by atoms with van der Waals surface area (Å²) in [6, 6.07) is 6.91. The molecule has 106 valence electrons. The Morgan fingerprint density at radius 2 is 1.89 bits per heavy atom. The third-order valence-electron chi connectivity index (χ3n) is 2.55. The first-order valence-corrected chi connectivity index (χ1v) is 6.32. The SMILES string of the molecule is CCCOc1ccccc1OCC(NC)C(=O)OC. The highest BCUT2D eigenvalue weighted by molar-refractivity contribution is 5.75. The molecule has 0 aliphatic rings. The molecule has 1 unspecified atom stereocenters. The van der Waals surface area contributed by atoms with Gasteiger partial charge in [0.2, 0.25) is 0 Å². The van der Waals surface area contributed by atoms with Crippen LogP contribution in [-0.4, -0.2) is 39.4 Å². The van der Waals surface area contributed by atoms with E-state index in [0.717, 1.165) is 6.42 Å². The van der Waals surface area contributed by atoms with Crippen LogP contribution in [0.15, 0.2) is 24.3 Å². The van der Waals surface area contributed by atoms with Crippen LogP contribution < -0.4 is 14.8 Å². The Balaban J connectivity index is 2.63. The number of carbonyl (C=O) groups is 1. The van der Waals surface area contributed by atoms with E-state index in [1.54, 1.807) is 7.05 Å². The van der Waals surface area contributed by atoms with E-state index in [2.05, 4.69) is 10.1 Å². The number of rotatable bonds is 8. The lowest BCUT2D eigenvalue weighted by atomic mass is 10.3. The van der Waals surface area contributed by atoms with Gasteiger partial charge in [-0.15, -0.1) is 0 Å². The molecule has 1 rings (SSSR count). The number of methoxy groups -OCH3 is 1. The molecule has 1 N–H and O–H groups in total. The molecular formula is C14H21NO4. The van der Waals surface area contributed by atoms with E-state index in [1.807, 2.05) is 31.2 Å². The van der Waals surface area contributed by atoms with Crippen molar-refractivity contribution in [3.8, 4) is 11.5 Å². The monoisotopic (exact) mass is 267 g/mol. The number of para-hydroxylation sites is 2. The highest BCUT2D eigenvalue weighted by Crippen LogP contribution is 2.26. The van der Waals surface area contributed by atoms with Gasteiger partial charge in [0.15, 0.2) is 11.5 Å². The van der Waals surface area contributed by atoms with Crippen LogP contribution in [0.5, 0.6) is 11.5 Å². The topological polar surface area (TPSA) is 56.8 Å². The Kier molecular flexibility index (Phi) is 6.74. The van der Waals surface area contributed by atoms with E-state index in [1.165, 1.54) is 7.11 Å². The van der Waals surface area contributed by atoms with E-state index in [9.17, 15) is 4.79 Å². The minimum atomic E-state index is -0.496. The molecule has 0 aromatic heterocycles. The van der Waals surface area contributed by atoms with Gasteiger partial charge in [-0.05, 0) is 25.6 Å². The molecular weight excluding hydrogens is 246 g/mol. The average Bonchev–Trinajstić information content (AvgIpc) is 2.46. The largest absolute Gasteiger partial charge is 0.490 e. The Labute approximate surface area is 113 Å². The normalized spacial score (nSPS) is 11.7. The van der Waals surface area contributed by atoms with E-state index in [4.69, 9.17) is 9.47 Å². The summed E-state index contributed by atoms with van der Waals surface area (Å²) < 4.78 is 15.9. The van der Waals surface area contributed by atoms with Crippen molar-refractivity contribution >= 4 is 5.97 Å². The van der Waals surface area contributed by atoms with Gasteiger partial charge in [0.25, 0.3) is 0 Å². The smallest absolute Gasteiger partial charge is 0.326 e. The summed E-state index contributed by atoms with van der Waals surface area (Å²) in [5, 5.41) is 2.85. The highest BCUT2D eigenvalue weighted by Gasteiger charge is 2.18. The van der Waals surface area contributed by atoms with Crippen molar-refractivity contribution in [3.63, 3.8) is 0 Å². The van der Waals surface area contributed by atoms with Gasteiger partial charge in [-0.1, -0.05) is 19.1 Å². The molecule has 0 saturated carbocycles. The molecule has 1 atom stereocenters. The van der Waals surface area contributed by atoms with E-state index >= 15 is 0 Å². The number of hydrogen-bond donors (Lipinski definition) is 1. The standard InChI is InChI=1S/C14H21NO4/c1-4-9-18-12-7-5-6-8-13(12)19-10-11(15-2)14(16)17-3/h5-8,11,15H,4,9-10H2,1-3H3. The van der Waals surface area contributed by atoms with Crippen molar-refractivity contribution in [2.75, 3.05) is 27.4 Å². The molecule has 1 aromatic carbocycles. The summed E-state index contributed by atoms with van der Waals surface area (Å²) in [5.41, 5.74) is 0. The Morgan fingerprint density at radius 1 is 1.26 bits per heavy atom. The van der Waals surface area contributed by atoms with Crippen LogP contribution in [0.3, 0.4) is 0 Å². The summed E-state index contributed by atoms with van der Waals surface area (Å²) in [6.45, 7) is 2.86. The minimum absolute atomic E-state index is 0.190. The number of carbonyl (C=O) groups excluding carboxylic acids is 1. The van der Waals surface area contributed by atoms with Gasteiger partial charge in [-0.3, -0.25) is 4.79 Å². The minimum Gasteiger partial charge on any atom is -0.490 e. The van der Waals surface area contributed by atoms with Crippen molar-refractivity contribution in [2.24, 2.45) is 0 Å². The molecule has 5 heteroatoms. The Bertz CT molecular complexity index is 395. The number of nitrogens with one attached hydrogen (secondary N) is 1. The lowest BCUT2D eigenvalue weighted by molar-refractivity contribution is -0.143. The lowest BCUT2D eigenvalue weighted by Crippen LogP contribution is -2.40. The predicted molar refractivity (Wildman–Crippen MR) is 72.6 cm³/mol. The zero-order valence-corrected chi connectivity index (χ0v) is 11.6. The van der Waals surface area contributed by atoms with Crippen LogP contribution in [0.25, 0.3) is 0 Å². The fraction of sp³-hybridized carbons (Fsp3) is 0.500. The molecule has 1 aromatic rings. The predicted octanol–water partition coefficient (Wildman–Crippen LogP) is 1.62. The Morgan fingerprint density at radius 3 is 2.42 bits per heavy atom. The van der Waals surface area contributed by atoms with Crippen molar-refractivity contribution in [1.29, 1.82) is 0 Å². The fourth-order valence-electron chi connectivity index (χ4n) is 1.49. The fourth-order valence-corrected chi connectivity index (χ4v) is 1.49. The van der Waals surface area contributed by atoms with Crippen LogP contribution in [-0.2, 0) is 9.53 Å². The van der Waals surface area contributed by atoms with Gasteiger partial charge in [0.05, 0.1) is 13.7 Å². The van der Waals surface area contributed by atoms with Crippen LogP contribution in [0.4, 0.5) is 0 Å². The molecule has 0 spiro atoms. The second-order valence-electron chi connectivity index (χ2n) is 3.97. The van der Waals surface area contributed by atoms with Gasteiger partial charge in [0.1, 0.15) is 12.6 Å². The summed E-state index contributed by atoms with van der Waals surface area (Å²) in [5.74, 6) is 0.957. The summed E-state index contributed by atoms with van der Waals surface area (Å²) in [6.07, 6.45) is 0.926. The van der Waals surface area contributed by atoms with Crippen LogP contribution >= 0.6 is 0 Å². The van der Waals surface area contributed by atoms with Gasteiger partial charge in [0, 0.05) is 0 Å². The molecule has 0 amide bonds. The first kappa shape index (κ1) is 15.3. The van der Waals surface area contributed by atoms with Gasteiger partial charge in [-0.2, -0.15) is 0 Å². The van der Waals surface area contributed by atoms with Gasteiger partial charge in [-0.25, -0.2) is 0 Å². The molecule has 0 radical (unpaired) electrons. The maximum atomic E-state index is 11.4. The molecule has 19 heavy (non-hydrogen) atoms. The zero-order valence-electron chi connectivity index (χ0n) is 11.6. The zero-order chi connectivity index (χ0) is 14.1. The van der Waals surface area contributed by atoms with E-state index in [0.29, 0.717) is 18.1 Å². The average molecular weight is 267 g/mol. The molecule has 0 heterocycles. The second kappa shape index (κ2) is 8.37. The number of hydrogen-bond acceptors (Lipinski definition) is 5.